The molecule has 0 fully saturated rings. The maximum absolute atomic E-state index is 12.5. The Morgan fingerprint density at radius 1 is 1.00 bits per heavy atom. The molecular weight excluding hydrogens is 298 g/mol. The summed E-state index contributed by atoms with van der Waals surface area (Å²) in [6.45, 7) is 13.6. The lowest BCUT2D eigenvalue weighted by atomic mass is 9.93. The Balaban J connectivity index is 0.00000254. The van der Waals surface area contributed by atoms with E-state index < -0.39 is 0 Å². The first kappa shape index (κ1) is 22.6. The van der Waals surface area contributed by atoms with Crippen LogP contribution >= 0.6 is 0 Å². The summed E-state index contributed by atoms with van der Waals surface area (Å²) in [5, 5.41) is 10.2. The second-order valence-corrected chi connectivity index (χ2v) is 6.58. The van der Waals surface area contributed by atoms with Crippen molar-refractivity contribution in [1.29, 1.82) is 0 Å². The summed E-state index contributed by atoms with van der Waals surface area (Å²) in [5.74, 6) is 0.407. The van der Waals surface area contributed by atoms with E-state index in [2.05, 4.69) is 52.9 Å². The Morgan fingerprint density at radius 3 is 2.17 bits per heavy atom. The largest absolute Gasteiger partial charge is 0.400 e. The van der Waals surface area contributed by atoms with E-state index in [1.165, 1.54) is 27.8 Å². The van der Waals surface area contributed by atoms with Crippen molar-refractivity contribution >= 4 is 5.91 Å². The van der Waals surface area contributed by atoms with Crippen molar-refractivity contribution in [2.75, 3.05) is 7.11 Å². The molecule has 0 bridgehead atoms. The molecule has 0 aliphatic rings. The van der Waals surface area contributed by atoms with Crippen molar-refractivity contribution in [3.8, 4) is 0 Å². The van der Waals surface area contributed by atoms with E-state index >= 15 is 0 Å². The van der Waals surface area contributed by atoms with Crippen molar-refractivity contribution in [3.63, 3.8) is 0 Å². The lowest BCUT2D eigenvalue weighted by Crippen LogP contribution is -2.31. The average molecular weight is 336 g/mol. The number of benzene rings is 1. The third-order valence-electron chi connectivity index (χ3n) is 4.87. The van der Waals surface area contributed by atoms with Crippen molar-refractivity contribution in [2.24, 2.45) is 5.92 Å². The molecule has 0 aromatic heterocycles. The Labute approximate surface area is 148 Å². The highest BCUT2D eigenvalue weighted by molar-refractivity contribution is 5.78. The van der Waals surface area contributed by atoms with E-state index in [4.69, 9.17) is 5.11 Å². The number of aryl methyl sites for hydroxylation is 2. The van der Waals surface area contributed by atoms with Gasteiger partial charge in [-0.05, 0) is 68.4 Å². The molecule has 3 nitrogen and oxygen atoms in total. The lowest BCUT2D eigenvalue weighted by Gasteiger charge is -2.19. The Hall–Kier alpha value is -1.35. The number of carbonyl (C=O) groups excluding carboxylic acids is 1. The Kier molecular flexibility index (Phi) is 11.4. The van der Waals surface area contributed by atoms with Crippen LogP contribution in [0.1, 0.15) is 73.8 Å². The van der Waals surface area contributed by atoms with Gasteiger partial charge in [0.15, 0.2) is 0 Å². The number of aliphatic hydroxyl groups excluding tert-OH is 1. The first-order valence-electron chi connectivity index (χ1n) is 9.21. The van der Waals surface area contributed by atoms with Crippen LogP contribution in [0.2, 0.25) is 0 Å². The predicted molar refractivity (Wildman–Crippen MR) is 103 cm³/mol. The second-order valence-electron chi connectivity index (χ2n) is 6.58. The van der Waals surface area contributed by atoms with E-state index in [1.54, 1.807) is 0 Å². The highest BCUT2D eigenvalue weighted by atomic mass is 16.2. The van der Waals surface area contributed by atoms with Gasteiger partial charge in [0.1, 0.15) is 0 Å². The van der Waals surface area contributed by atoms with E-state index in [9.17, 15) is 4.79 Å². The van der Waals surface area contributed by atoms with Gasteiger partial charge in [-0.2, -0.15) is 0 Å². The number of amides is 1. The summed E-state index contributed by atoms with van der Waals surface area (Å²) in [6, 6.07) is 2.23. The van der Waals surface area contributed by atoms with Gasteiger partial charge in [-0.1, -0.05) is 39.2 Å². The van der Waals surface area contributed by atoms with Gasteiger partial charge in [-0.3, -0.25) is 4.79 Å². The van der Waals surface area contributed by atoms with Gasteiger partial charge in [0, 0.05) is 19.6 Å². The third kappa shape index (κ3) is 6.64. The molecule has 24 heavy (non-hydrogen) atoms. The molecule has 1 amide bonds. The molecule has 0 spiro atoms. The summed E-state index contributed by atoms with van der Waals surface area (Å²) < 4.78 is 0. The molecular formula is C21H37NO2. The number of aliphatic hydroxyl groups is 1. The quantitative estimate of drug-likeness (QED) is 0.720. The first-order chi connectivity index (χ1) is 11.4. The zero-order valence-corrected chi connectivity index (χ0v) is 16.8. The van der Waals surface area contributed by atoms with Crippen LogP contribution in [0.4, 0.5) is 0 Å². The molecule has 1 aromatic rings. The van der Waals surface area contributed by atoms with Crippen molar-refractivity contribution in [3.05, 3.63) is 33.9 Å². The second kappa shape index (κ2) is 12.1. The van der Waals surface area contributed by atoms with Gasteiger partial charge in [-0.25, -0.2) is 0 Å². The van der Waals surface area contributed by atoms with E-state index in [-0.39, 0.29) is 11.8 Å². The standard InChI is InChI=1S/C20H33NO.CH4O/c1-7-9-11-18(10-8-2)20(22)21-13-19-15(4)12-14(3)16(5)17(19)6;1-2/h12,18H,7-11,13H2,1-6H3,(H,21,22);2H,1H3. The van der Waals surface area contributed by atoms with Crippen LogP contribution in [0.3, 0.4) is 0 Å². The Morgan fingerprint density at radius 2 is 1.62 bits per heavy atom. The lowest BCUT2D eigenvalue weighted by molar-refractivity contribution is -0.125. The average Bonchev–Trinajstić information content (AvgIpc) is 2.58. The zero-order chi connectivity index (χ0) is 18.7. The zero-order valence-electron chi connectivity index (χ0n) is 16.8. The molecule has 0 saturated carbocycles. The minimum Gasteiger partial charge on any atom is -0.400 e. The van der Waals surface area contributed by atoms with E-state index in [0.29, 0.717) is 6.54 Å². The fourth-order valence-electron chi connectivity index (χ4n) is 3.14. The fourth-order valence-corrected chi connectivity index (χ4v) is 3.14. The highest BCUT2D eigenvalue weighted by Gasteiger charge is 2.17. The van der Waals surface area contributed by atoms with Crippen LogP contribution in [0.25, 0.3) is 0 Å². The molecule has 1 unspecified atom stereocenters. The highest BCUT2D eigenvalue weighted by Crippen LogP contribution is 2.22. The molecule has 0 radical (unpaired) electrons. The summed E-state index contributed by atoms with van der Waals surface area (Å²) in [7, 11) is 1.00. The van der Waals surface area contributed by atoms with Gasteiger partial charge in [0.25, 0.3) is 0 Å². The summed E-state index contributed by atoms with van der Waals surface area (Å²) in [6.07, 6.45) is 5.38. The topological polar surface area (TPSA) is 49.3 Å². The fraction of sp³-hybridized carbons (Fsp3) is 0.667. The summed E-state index contributed by atoms with van der Waals surface area (Å²) in [5.41, 5.74) is 6.55. The maximum Gasteiger partial charge on any atom is 0.223 e. The molecule has 0 saturated heterocycles. The number of nitrogens with one attached hydrogen (secondary N) is 1. The van der Waals surface area contributed by atoms with Crippen LogP contribution in [-0.4, -0.2) is 18.1 Å². The van der Waals surface area contributed by atoms with Crippen LogP contribution < -0.4 is 5.32 Å². The van der Waals surface area contributed by atoms with Crippen LogP contribution in [0, 0.1) is 33.6 Å². The summed E-state index contributed by atoms with van der Waals surface area (Å²) in [4.78, 5) is 12.5. The molecule has 1 aromatic carbocycles. The molecule has 0 aliphatic heterocycles. The molecule has 2 N–H and O–H groups in total. The minimum atomic E-state index is 0.178. The normalized spacial score (nSPS) is 11.5. The van der Waals surface area contributed by atoms with Gasteiger partial charge in [0.05, 0.1) is 0 Å². The molecule has 3 heteroatoms. The van der Waals surface area contributed by atoms with E-state index in [0.717, 1.165) is 39.2 Å². The van der Waals surface area contributed by atoms with Crippen molar-refractivity contribution < 1.29 is 9.90 Å². The van der Waals surface area contributed by atoms with Crippen LogP contribution in [0.15, 0.2) is 6.07 Å². The van der Waals surface area contributed by atoms with E-state index in [1.807, 2.05) is 0 Å². The smallest absolute Gasteiger partial charge is 0.223 e. The molecule has 0 aliphatic carbocycles. The number of rotatable bonds is 8. The van der Waals surface area contributed by atoms with Crippen LogP contribution in [0.5, 0.6) is 0 Å². The van der Waals surface area contributed by atoms with Crippen molar-refractivity contribution in [1.82, 2.24) is 5.32 Å². The number of hydrogen-bond donors (Lipinski definition) is 2. The van der Waals surface area contributed by atoms with Gasteiger partial charge >= 0.3 is 0 Å². The minimum absolute atomic E-state index is 0.178. The molecule has 0 heterocycles. The van der Waals surface area contributed by atoms with Gasteiger partial charge in [0.2, 0.25) is 5.91 Å². The number of carbonyl (C=O) groups is 1. The third-order valence-corrected chi connectivity index (χ3v) is 4.87. The predicted octanol–water partition coefficient (Wildman–Crippen LogP) is 4.75. The van der Waals surface area contributed by atoms with Crippen molar-refractivity contribution in [2.45, 2.75) is 80.2 Å². The Bertz CT molecular complexity index is 509. The van der Waals surface area contributed by atoms with Gasteiger partial charge in [-0.15, -0.1) is 0 Å². The summed E-state index contributed by atoms with van der Waals surface area (Å²) >= 11 is 0. The molecule has 1 rings (SSSR count). The number of unbranched alkanes of at least 4 members (excludes halogenated alkanes) is 1. The first-order valence-corrected chi connectivity index (χ1v) is 9.21. The SMILES string of the molecule is CCCCC(CCC)C(=O)NCc1c(C)cc(C)c(C)c1C.CO. The number of hydrogen-bond acceptors (Lipinski definition) is 2. The monoisotopic (exact) mass is 335 g/mol. The molecule has 1 atom stereocenters. The van der Waals surface area contributed by atoms with Crippen LogP contribution in [-0.2, 0) is 11.3 Å². The maximum atomic E-state index is 12.5. The van der Waals surface area contributed by atoms with Gasteiger partial charge < -0.3 is 10.4 Å². The molecule has 138 valence electrons.